The van der Waals surface area contributed by atoms with Gasteiger partial charge < -0.3 is 14.8 Å². The van der Waals surface area contributed by atoms with Gasteiger partial charge in [0.1, 0.15) is 5.82 Å². The Hall–Kier alpha value is -2.21. The summed E-state index contributed by atoms with van der Waals surface area (Å²) in [4.78, 5) is 22.8. The van der Waals surface area contributed by atoms with Gasteiger partial charge in [-0.15, -0.1) is 0 Å². The van der Waals surface area contributed by atoms with E-state index in [1.165, 1.54) is 12.8 Å². The van der Waals surface area contributed by atoms with Crippen LogP contribution in [-0.4, -0.2) is 51.0 Å². The summed E-state index contributed by atoms with van der Waals surface area (Å²) in [5, 5.41) is 3.77. The first-order valence-electron chi connectivity index (χ1n) is 9.56. The zero-order chi connectivity index (χ0) is 18.0. The molecule has 0 unspecified atom stereocenters. The van der Waals surface area contributed by atoms with Gasteiger partial charge in [0, 0.05) is 68.0 Å². The summed E-state index contributed by atoms with van der Waals surface area (Å²) in [5.41, 5.74) is 1.13. The molecule has 0 radical (unpaired) electrons. The normalized spacial score (nSPS) is 19.5. The van der Waals surface area contributed by atoms with Crippen LogP contribution in [0.1, 0.15) is 41.9 Å². The van der Waals surface area contributed by atoms with E-state index in [1.54, 1.807) is 24.5 Å². The molecule has 0 spiro atoms. The maximum Gasteiger partial charge on any atom is 0.253 e. The minimum atomic E-state index is 0.125. The third-order valence-electron chi connectivity index (χ3n) is 5.86. The molecule has 1 saturated heterocycles. The van der Waals surface area contributed by atoms with E-state index in [-0.39, 0.29) is 5.91 Å². The highest BCUT2D eigenvalue weighted by Crippen LogP contribution is 2.46. The summed E-state index contributed by atoms with van der Waals surface area (Å²) in [6, 6.07) is 4.10. The fraction of sp³-hybridized carbons (Fsp3) is 0.550. The van der Waals surface area contributed by atoms with Crippen LogP contribution < -0.4 is 5.32 Å². The molecule has 2 aliphatic rings. The maximum absolute atomic E-state index is 12.5. The van der Waals surface area contributed by atoms with Gasteiger partial charge in [0.25, 0.3) is 5.91 Å². The van der Waals surface area contributed by atoms with Gasteiger partial charge in [0.15, 0.2) is 0 Å². The molecule has 1 aliphatic carbocycles. The Balaban J connectivity index is 1.24. The molecule has 3 heterocycles. The lowest BCUT2D eigenvalue weighted by Gasteiger charge is -2.33. The lowest BCUT2D eigenvalue weighted by molar-refractivity contribution is 0.0703. The molecule has 0 atom stereocenters. The molecule has 2 fully saturated rings. The first-order valence-corrected chi connectivity index (χ1v) is 9.56. The van der Waals surface area contributed by atoms with Gasteiger partial charge in [-0.25, -0.2) is 4.98 Å². The van der Waals surface area contributed by atoms with Crippen molar-refractivity contribution < 1.29 is 4.79 Å². The Kier molecular flexibility index (Phi) is 4.76. The van der Waals surface area contributed by atoms with Crippen LogP contribution in [0.15, 0.2) is 36.9 Å². The minimum absolute atomic E-state index is 0.125. The molecule has 1 amide bonds. The summed E-state index contributed by atoms with van der Waals surface area (Å²) in [6.45, 7) is 5.84. The van der Waals surface area contributed by atoms with E-state index >= 15 is 0 Å². The second kappa shape index (κ2) is 7.19. The van der Waals surface area contributed by atoms with Crippen molar-refractivity contribution in [1.82, 2.24) is 24.8 Å². The van der Waals surface area contributed by atoms with Crippen LogP contribution in [0, 0.1) is 12.3 Å². The van der Waals surface area contributed by atoms with E-state index in [0.717, 1.165) is 50.4 Å². The second-order valence-electron chi connectivity index (χ2n) is 7.79. The molecule has 4 rings (SSSR count). The highest BCUT2D eigenvalue weighted by atomic mass is 16.2. The number of nitrogens with one attached hydrogen (secondary N) is 1. The van der Waals surface area contributed by atoms with Crippen LogP contribution in [0.25, 0.3) is 0 Å². The Labute approximate surface area is 154 Å². The zero-order valence-corrected chi connectivity index (χ0v) is 15.4. The molecule has 1 saturated carbocycles. The van der Waals surface area contributed by atoms with Crippen LogP contribution in [0.3, 0.4) is 0 Å². The quantitative estimate of drug-likeness (QED) is 0.865. The second-order valence-corrected chi connectivity index (χ2v) is 7.79. The standard InChI is InChI=1S/C20H27N5O/c1-16-22-10-13-25(16)15-20(6-7-20)14-23-18-4-11-24(12-5-18)19(26)17-2-8-21-9-3-17/h2-3,8-10,13,18,23H,4-7,11-12,14-15H2,1H3. The number of carbonyl (C=O) groups excluding carboxylic acids is 1. The van der Waals surface area contributed by atoms with Crippen molar-refractivity contribution in [3.63, 3.8) is 0 Å². The van der Waals surface area contributed by atoms with E-state index in [9.17, 15) is 4.79 Å². The number of pyridine rings is 1. The van der Waals surface area contributed by atoms with Crippen molar-refractivity contribution in [2.45, 2.75) is 45.2 Å². The molecular formula is C20H27N5O. The number of rotatable bonds is 6. The molecular weight excluding hydrogens is 326 g/mol. The van der Waals surface area contributed by atoms with Gasteiger partial charge in [-0.05, 0) is 44.7 Å². The summed E-state index contributed by atoms with van der Waals surface area (Å²) in [5.74, 6) is 1.22. The third-order valence-corrected chi connectivity index (χ3v) is 5.86. The summed E-state index contributed by atoms with van der Waals surface area (Å²) >= 11 is 0. The third kappa shape index (κ3) is 3.80. The van der Waals surface area contributed by atoms with E-state index < -0.39 is 0 Å². The summed E-state index contributed by atoms with van der Waals surface area (Å²) in [7, 11) is 0. The van der Waals surface area contributed by atoms with Gasteiger partial charge in [0.2, 0.25) is 0 Å². The largest absolute Gasteiger partial charge is 0.339 e. The SMILES string of the molecule is Cc1nccn1CC1(CNC2CCN(C(=O)c3ccncc3)CC2)CC1. The van der Waals surface area contributed by atoms with Crippen molar-refractivity contribution in [2.75, 3.05) is 19.6 Å². The molecule has 138 valence electrons. The van der Waals surface area contributed by atoms with Crippen molar-refractivity contribution in [2.24, 2.45) is 5.41 Å². The van der Waals surface area contributed by atoms with Crippen LogP contribution in [0.2, 0.25) is 0 Å². The van der Waals surface area contributed by atoms with E-state index in [4.69, 9.17) is 0 Å². The number of piperidine rings is 1. The van der Waals surface area contributed by atoms with Gasteiger partial charge >= 0.3 is 0 Å². The lowest BCUT2D eigenvalue weighted by atomic mass is 10.0. The predicted octanol–water partition coefficient (Wildman–Crippen LogP) is 2.26. The number of hydrogen-bond acceptors (Lipinski definition) is 4. The smallest absolute Gasteiger partial charge is 0.253 e. The maximum atomic E-state index is 12.5. The Morgan fingerprint density at radius 1 is 1.23 bits per heavy atom. The first-order chi connectivity index (χ1) is 12.7. The van der Waals surface area contributed by atoms with Gasteiger partial charge in [-0.1, -0.05) is 0 Å². The van der Waals surface area contributed by atoms with Crippen LogP contribution in [0.5, 0.6) is 0 Å². The summed E-state index contributed by atoms with van der Waals surface area (Å²) < 4.78 is 2.27. The highest BCUT2D eigenvalue weighted by molar-refractivity contribution is 5.94. The molecule has 26 heavy (non-hydrogen) atoms. The fourth-order valence-corrected chi connectivity index (χ4v) is 3.82. The Bertz CT molecular complexity index is 745. The van der Waals surface area contributed by atoms with Crippen molar-refractivity contribution in [3.8, 4) is 0 Å². The van der Waals surface area contributed by atoms with Crippen LogP contribution >= 0.6 is 0 Å². The number of hydrogen-bond donors (Lipinski definition) is 1. The molecule has 2 aromatic heterocycles. The van der Waals surface area contributed by atoms with E-state index in [2.05, 4.69) is 33.0 Å². The van der Waals surface area contributed by atoms with Gasteiger partial charge in [0.05, 0.1) is 0 Å². The molecule has 6 heteroatoms. The molecule has 1 aliphatic heterocycles. The highest BCUT2D eigenvalue weighted by Gasteiger charge is 2.43. The van der Waals surface area contributed by atoms with E-state index in [1.807, 2.05) is 11.1 Å². The average Bonchev–Trinajstić information content (AvgIpc) is 3.34. The number of carbonyl (C=O) groups is 1. The fourth-order valence-electron chi connectivity index (χ4n) is 3.82. The molecule has 2 aromatic rings. The predicted molar refractivity (Wildman–Crippen MR) is 99.8 cm³/mol. The van der Waals surface area contributed by atoms with Crippen LogP contribution in [-0.2, 0) is 6.54 Å². The number of amides is 1. The van der Waals surface area contributed by atoms with Gasteiger partial charge in [-0.3, -0.25) is 9.78 Å². The Morgan fingerprint density at radius 2 is 1.96 bits per heavy atom. The first kappa shape index (κ1) is 17.2. The van der Waals surface area contributed by atoms with Gasteiger partial charge in [-0.2, -0.15) is 0 Å². The van der Waals surface area contributed by atoms with Crippen LogP contribution in [0.4, 0.5) is 0 Å². The number of nitrogens with zero attached hydrogens (tertiary/aromatic N) is 4. The molecule has 0 bridgehead atoms. The zero-order valence-electron chi connectivity index (χ0n) is 15.4. The minimum Gasteiger partial charge on any atom is -0.339 e. The summed E-state index contributed by atoms with van der Waals surface area (Å²) in [6.07, 6.45) is 12.0. The Morgan fingerprint density at radius 3 is 2.58 bits per heavy atom. The van der Waals surface area contributed by atoms with Crippen molar-refractivity contribution >= 4 is 5.91 Å². The number of aromatic nitrogens is 3. The topological polar surface area (TPSA) is 63.1 Å². The monoisotopic (exact) mass is 353 g/mol. The number of imidazole rings is 1. The average molecular weight is 353 g/mol. The van der Waals surface area contributed by atoms with E-state index in [0.29, 0.717) is 11.5 Å². The number of aryl methyl sites for hydroxylation is 1. The molecule has 0 aromatic carbocycles. The van der Waals surface area contributed by atoms with Crippen molar-refractivity contribution in [1.29, 1.82) is 0 Å². The lowest BCUT2D eigenvalue weighted by Crippen LogP contribution is -2.46. The molecule has 6 nitrogen and oxygen atoms in total. The molecule has 1 N–H and O–H groups in total. The number of likely N-dealkylation sites (tertiary alicyclic amines) is 1. The van der Waals surface area contributed by atoms with Crippen molar-refractivity contribution in [3.05, 3.63) is 48.3 Å².